The molecule has 0 spiro atoms. The van der Waals surface area contributed by atoms with E-state index in [9.17, 15) is 0 Å². The summed E-state index contributed by atoms with van der Waals surface area (Å²) in [5.74, 6) is 0. The van der Waals surface area contributed by atoms with Gasteiger partial charge in [-0.1, -0.05) is 18.2 Å². The summed E-state index contributed by atoms with van der Waals surface area (Å²) in [4.78, 5) is 0. The molecule has 1 atom stereocenters. The number of hydrogen-bond donors (Lipinski definition) is 1. The molecule has 0 aromatic rings. The summed E-state index contributed by atoms with van der Waals surface area (Å²) < 4.78 is 0. The first-order chi connectivity index (χ1) is 4.97. The first-order valence-electron chi connectivity index (χ1n) is 3.73. The summed E-state index contributed by atoms with van der Waals surface area (Å²) >= 11 is 0. The quantitative estimate of drug-likeness (QED) is 0.417. The number of fused-ring (bicyclic) bond motifs is 1. The first-order valence-corrected chi connectivity index (χ1v) is 3.73. The molecule has 2 rings (SSSR count). The Labute approximate surface area is 78.0 Å². The maximum atomic E-state index is 3.32. The van der Waals surface area contributed by atoms with E-state index in [1.807, 2.05) is 6.20 Å². The van der Waals surface area contributed by atoms with Crippen molar-refractivity contribution >= 4 is 17.4 Å². The van der Waals surface area contributed by atoms with E-state index in [2.05, 4.69) is 29.6 Å². The normalized spacial score (nSPS) is 26.2. The van der Waals surface area contributed by atoms with Crippen LogP contribution in [0.5, 0.6) is 0 Å². The highest BCUT2D eigenvalue weighted by molar-refractivity contribution is 5.75. The van der Waals surface area contributed by atoms with E-state index >= 15 is 0 Å². The highest BCUT2D eigenvalue weighted by Crippen LogP contribution is 2.19. The van der Waals surface area contributed by atoms with Crippen molar-refractivity contribution in [2.45, 2.75) is 18.9 Å². The van der Waals surface area contributed by atoms with Gasteiger partial charge in [-0.2, -0.15) is 0 Å². The fraction of sp³-hybridized carbons (Fsp3) is 0.333. The molecule has 2 aliphatic rings. The standard InChI is InChI=1S/C9H11N.Al/c1-2-6-9-8(4-1)5-3-7-10-9;/h1-3,5,7,9-10H,4,6H2;. The van der Waals surface area contributed by atoms with Crippen LogP contribution in [0.25, 0.3) is 0 Å². The summed E-state index contributed by atoms with van der Waals surface area (Å²) in [5.41, 5.74) is 1.52. The largest absolute Gasteiger partial charge is 0.384 e. The average molecular weight is 160 g/mol. The number of dihydropyridines is 1. The third kappa shape index (κ3) is 1.77. The molecule has 1 nitrogen and oxygen atoms in total. The maximum absolute atomic E-state index is 3.32. The topological polar surface area (TPSA) is 12.0 Å². The lowest BCUT2D eigenvalue weighted by molar-refractivity contribution is 0.638. The molecule has 0 fully saturated rings. The molecule has 1 unspecified atom stereocenters. The van der Waals surface area contributed by atoms with E-state index < -0.39 is 0 Å². The van der Waals surface area contributed by atoms with E-state index in [1.165, 1.54) is 5.57 Å². The van der Waals surface area contributed by atoms with Crippen molar-refractivity contribution in [3.63, 3.8) is 0 Å². The summed E-state index contributed by atoms with van der Waals surface area (Å²) in [7, 11) is 0. The Morgan fingerprint density at radius 1 is 1.36 bits per heavy atom. The Hall–Kier alpha value is -0.448. The zero-order valence-electron chi connectivity index (χ0n) is 6.46. The molecule has 1 N–H and O–H groups in total. The number of rotatable bonds is 0. The van der Waals surface area contributed by atoms with Gasteiger partial charge in [-0.25, -0.2) is 0 Å². The third-order valence-corrected chi connectivity index (χ3v) is 2.04. The zero-order chi connectivity index (χ0) is 6.81. The van der Waals surface area contributed by atoms with Crippen LogP contribution in [0.1, 0.15) is 12.8 Å². The van der Waals surface area contributed by atoms with E-state index in [0.29, 0.717) is 6.04 Å². The van der Waals surface area contributed by atoms with Crippen molar-refractivity contribution in [3.05, 3.63) is 36.1 Å². The Morgan fingerprint density at radius 2 is 2.27 bits per heavy atom. The van der Waals surface area contributed by atoms with Crippen LogP contribution < -0.4 is 5.32 Å². The van der Waals surface area contributed by atoms with Gasteiger partial charge in [-0.3, -0.25) is 0 Å². The Kier molecular flexibility index (Phi) is 2.99. The summed E-state index contributed by atoms with van der Waals surface area (Å²) in [6.07, 6.45) is 13.1. The minimum Gasteiger partial charge on any atom is -0.384 e. The van der Waals surface area contributed by atoms with Crippen LogP contribution >= 0.6 is 0 Å². The zero-order valence-corrected chi connectivity index (χ0v) is 7.61. The van der Waals surface area contributed by atoms with Gasteiger partial charge in [0.25, 0.3) is 0 Å². The highest BCUT2D eigenvalue weighted by Gasteiger charge is 2.14. The van der Waals surface area contributed by atoms with Crippen molar-refractivity contribution in [3.8, 4) is 0 Å². The predicted molar refractivity (Wildman–Crippen MR) is 48.3 cm³/mol. The summed E-state index contributed by atoms with van der Waals surface area (Å²) in [5, 5.41) is 3.32. The SMILES string of the molecule is C1=CNC2CC=CCC2=C1.[Al]. The lowest BCUT2D eigenvalue weighted by Crippen LogP contribution is -2.29. The van der Waals surface area contributed by atoms with Gasteiger partial charge < -0.3 is 5.32 Å². The van der Waals surface area contributed by atoms with Crippen LogP contribution in [0.3, 0.4) is 0 Å². The Balaban J connectivity index is 0.000000605. The van der Waals surface area contributed by atoms with Gasteiger partial charge in [0.2, 0.25) is 0 Å². The first kappa shape index (κ1) is 8.65. The van der Waals surface area contributed by atoms with Crippen LogP contribution in [-0.2, 0) is 0 Å². The summed E-state index contributed by atoms with van der Waals surface area (Å²) in [6.45, 7) is 0. The van der Waals surface area contributed by atoms with Crippen LogP contribution in [0, 0.1) is 0 Å². The molecule has 0 saturated heterocycles. The number of hydrogen-bond acceptors (Lipinski definition) is 1. The van der Waals surface area contributed by atoms with Crippen LogP contribution in [-0.4, -0.2) is 23.4 Å². The van der Waals surface area contributed by atoms with Gasteiger partial charge in [0.1, 0.15) is 0 Å². The van der Waals surface area contributed by atoms with Crippen LogP contribution in [0.2, 0.25) is 0 Å². The van der Waals surface area contributed by atoms with Crippen molar-refractivity contribution in [2.75, 3.05) is 0 Å². The summed E-state index contributed by atoms with van der Waals surface area (Å²) in [6, 6.07) is 0.593. The Morgan fingerprint density at radius 3 is 3.09 bits per heavy atom. The smallest absolute Gasteiger partial charge is 0.0508 e. The minimum atomic E-state index is 0. The third-order valence-electron chi connectivity index (χ3n) is 2.04. The van der Waals surface area contributed by atoms with Crippen molar-refractivity contribution in [2.24, 2.45) is 0 Å². The molecule has 55 valence electrons. The molecular weight excluding hydrogens is 149 g/mol. The van der Waals surface area contributed by atoms with E-state index in [1.54, 1.807) is 0 Å². The molecule has 0 saturated carbocycles. The van der Waals surface area contributed by atoms with Gasteiger partial charge in [0, 0.05) is 17.4 Å². The molecule has 0 bridgehead atoms. The second-order valence-corrected chi connectivity index (χ2v) is 2.73. The van der Waals surface area contributed by atoms with Crippen LogP contribution in [0.15, 0.2) is 36.1 Å². The van der Waals surface area contributed by atoms with Crippen molar-refractivity contribution in [1.29, 1.82) is 0 Å². The van der Waals surface area contributed by atoms with Gasteiger partial charge in [-0.05, 0) is 30.7 Å². The van der Waals surface area contributed by atoms with E-state index in [-0.39, 0.29) is 17.4 Å². The molecule has 0 aromatic heterocycles. The number of allylic oxidation sites excluding steroid dienone is 3. The second kappa shape index (κ2) is 3.80. The second-order valence-electron chi connectivity index (χ2n) is 2.73. The van der Waals surface area contributed by atoms with Gasteiger partial charge in [0.05, 0.1) is 6.04 Å². The highest BCUT2D eigenvalue weighted by atomic mass is 27.0. The van der Waals surface area contributed by atoms with Crippen LogP contribution in [0.4, 0.5) is 0 Å². The van der Waals surface area contributed by atoms with E-state index in [0.717, 1.165) is 12.8 Å². The molecule has 1 aliphatic heterocycles. The molecule has 0 aromatic carbocycles. The van der Waals surface area contributed by atoms with Crippen molar-refractivity contribution in [1.82, 2.24) is 5.32 Å². The molecule has 11 heavy (non-hydrogen) atoms. The van der Waals surface area contributed by atoms with Crippen molar-refractivity contribution < 1.29 is 0 Å². The van der Waals surface area contributed by atoms with Gasteiger partial charge in [0.15, 0.2) is 0 Å². The van der Waals surface area contributed by atoms with Gasteiger partial charge in [-0.15, -0.1) is 0 Å². The monoisotopic (exact) mass is 160 g/mol. The fourth-order valence-corrected chi connectivity index (χ4v) is 1.45. The number of nitrogens with one attached hydrogen (secondary N) is 1. The average Bonchev–Trinajstić information content (AvgIpc) is 2.05. The molecule has 3 radical (unpaired) electrons. The molecular formula is C9H11AlN. The fourth-order valence-electron chi connectivity index (χ4n) is 1.45. The van der Waals surface area contributed by atoms with Gasteiger partial charge >= 0.3 is 0 Å². The lowest BCUT2D eigenvalue weighted by atomic mass is 9.94. The predicted octanol–water partition coefficient (Wildman–Crippen LogP) is 1.37. The maximum Gasteiger partial charge on any atom is 0.0508 e. The molecule has 1 heterocycles. The van der Waals surface area contributed by atoms with E-state index in [4.69, 9.17) is 0 Å². The molecule has 2 heteroatoms. The Bertz CT molecular complexity index is 216. The molecule has 0 amide bonds. The lowest BCUT2D eigenvalue weighted by Gasteiger charge is -2.24. The molecule has 1 aliphatic carbocycles. The minimum absolute atomic E-state index is 0.